The second-order valence-electron chi connectivity index (χ2n) is 6.33. The standard InChI is InChI=1S/C16H11ClF3NO4/c17-8-2-1-7(16(18,19)20)5-9(8)21-6-15-4-3-10(25-15)11(14(23)24)12(15)13(21)22/h1-5,10-12H,6H2,(H,23,24)/t10-,11+,12-,15-/m1/s1. The van der Waals surface area contributed by atoms with E-state index < -0.39 is 47.2 Å². The van der Waals surface area contributed by atoms with Crippen LogP contribution in [0.5, 0.6) is 0 Å². The Labute approximate surface area is 144 Å². The summed E-state index contributed by atoms with van der Waals surface area (Å²) in [7, 11) is 0. The van der Waals surface area contributed by atoms with E-state index in [4.69, 9.17) is 16.3 Å². The van der Waals surface area contributed by atoms with Crippen molar-refractivity contribution in [3.8, 4) is 0 Å². The topological polar surface area (TPSA) is 66.8 Å². The van der Waals surface area contributed by atoms with E-state index in [0.29, 0.717) is 0 Å². The van der Waals surface area contributed by atoms with Crippen molar-refractivity contribution in [2.45, 2.75) is 17.9 Å². The van der Waals surface area contributed by atoms with Crippen LogP contribution in [0.25, 0.3) is 0 Å². The first-order valence-corrected chi connectivity index (χ1v) is 7.80. The molecule has 2 bridgehead atoms. The van der Waals surface area contributed by atoms with E-state index in [0.717, 1.165) is 23.1 Å². The van der Waals surface area contributed by atoms with Crippen LogP contribution in [-0.4, -0.2) is 35.2 Å². The second-order valence-corrected chi connectivity index (χ2v) is 6.73. The second kappa shape index (κ2) is 4.98. The zero-order valence-electron chi connectivity index (χ0n) is 12.5. The number of carboxylic acids is 1. The van der Waals surface area contributed by atoms with Crippen molar-refractivity contribution in [2.75, 3.05) is 11.4 Å². The zero-order valence-corrected chi connectivity index (χ0v) is 13.2. The van der Waals surface area contributed by atoms with Crippen LogP contribution in [-0.2, 0) is 20.5 Å². The van der Waals surface area contributed by atoms with Crippen molar-refractivity contribution >= 4 is 29.2 Å². The molecule has 1 spiro atoms. The molecular formula is C16H11ClF3NO4. The van der Waals surface area contributed by atoms with Gasteiger partial charge in [0.25, 0.3) is 0 Å². The molecule has 132 valence electrons. The summed E-state index contributed by atoms with van der Waals surface area (Å²) in [6.07, 6.45) is -2.08. The van der Waals surface area contributed by atoms with Crippen LogP contribution in [0, 0.1) is 11.8 Å². The van der Waals surface area contributed by atoms with Crippen LogP contribution in [0.15, 0.2) is 30.4 Å². The number of halogens is 4. The number of benzene rings is 1. The van der Waals surface area contributed by atoms with Crippen molar-refractivity contribution < 1.29 is 32.6 Å². The van der Waals surface area contributed by atoms with Crippen molar-refractivity contribution in [3.05, 3.63) is 40.9 Å². The van der Waals surface area contributed by atoms with Crippen LogP contribution in [0.1, 0.15) is 5.56 Å². The van der Waals surface area contributed by atoms with Gasteiger partial charge in [0.05, 0.1) is 34.8 Å². The van der Waals surface area contributed by atoms with Crippen LogP contribution in [0.3, 0.4) is 0 Å². The van der Waals surface area contributed by atoms with E-state index in [1.807, 2.05) is 0 Å². The molecule has 5 nitrogen and oxygen atoms in total. The Morgan fingerprint density at radius 2 is 2.12 bits per heavy atom. The van der Waals surface area contributed by atoms with Gasteiger partial charge in [-0.15, -0.1) is 0 Å². The number of carbonyl (C=O) groups is 2. The lowest BCUT2D eigenvalue weighted by Crippen LogP contribution is -2.39. The lowest BCUT2D eigenvalue weighted by molar-refractivity contribution is -0.146. The molecule has 1 N–H and O–H groups in total. The minimum Gasteiger partial charge on any atom is -0.481 e. The van der Waals surface area contributed by atoms with Crippen LogP contribution in [0.2, 0.25) is 5.02 Å². The number of alkyl halides is 3. The first kappa shape index (κ1) is 16.4. The molecule has 4 rings (SSSR count). The highest BCUT2D eigenvalue weighted by atomic mass is 35.5. The summed E-state index contributed by atoms with van der Waals surface area (Å²) < 4.78 is 44.6. The van der Waals surface area contributed by atoms with E-state index in [1.165, 1.54) is 0 Å². The quantitative estimate of drug-likeness (QED) is 0.809. The Morgan fingerprint density at radius 3 is 2.76 bits per heavy atom. The molecule has 9 heteroatoms. The summed E-state index contributed by atoms with van der Waals surface area (Å²) in [5.41, 5.74) is -2.18. The molecule has 0 saturated carbocycles. The molecule has 0 aliphatic carbocycles. The monoisotopic (exact) mass is 373 g/mol. The van der Waals surface area contributed by atoms with Gasteiger partial charge in [-0.1, -0.05) is 23.8 Å². The third kappa shape index (κ3) is 2.20. The number of amides is 1. The zero-order chi connectivity index (χ0) is 18.1. The maximum atomic E-state index is 13.0. The van der Waals surface area contributed by atoms with Gasteiger partial charge in [0.2, 0.25) is 5.91 Å². The van der Waals surface area contributed by atoms with Gasteiger partial charge in [0.15, 0.2) is 0 Å². The minimum atomic E-state index is -4.59. The Hall–Kier alpha value is -2.06. The predicted molar refractivity (Wildman–Crippen MR) is 80.2 cm³/mol. The van der Waals surface area contributed by atoms with Crippen LogP contribution < -0.4 is 4.90 Å². The van der Waals surface area contributed by atoms with Gasteiger partial charge in [-0.3, -0.25) is 9.59 Å². The number of hydrogen-bond acceptors (Lipinski definition) is 3. The number of aliphatic carboxylic acids is 1. The van der Waals surface area contributed by atoms with Gasteiger partial charge in [-0.25, -0.2) is 0 Å². The fourth-order valence-corrected chi connectivity index (χ4v) is 4.10. The number of fused-ring (bicyclic) bond motifs is 1. The van der Waals surface area contributed by atoms with Gasteiger partial charge in [-0.05, 0) is 18.2 Å². The molecule has 25 heavy (non-hydrogen) atoms. The fraction of sp³-hybridized carbons (Fsp3) is 0.375. The molecule has 2 saturated heterocycles. The Balaban J connectivity index is 1.76. The summed E-state index contributed by atoms with van der Waals surface area (Å²) >= 11 is 6.01. The minimum absolute atomic E-state index is 0.0249. The van der Waals surface area contributed by atoms with E-state index in [1.54, 1.807) is 12.2 Å². The van der Waals surface area contributed by atoms with E-state index in [-0.39, 0.29) is 17.3 Å². The molecule has 3 aliphatic heterocycles. The molecule has 0 radical (unpaired) electrons. The first-order chi connectivity index (χ1) is 11.6. The molecule has 3 heterocycles. The Morgan fingerprint density at radius 1 is 1.40 bits per heavy atom. The number of anilines is 1. The summed E-state index contributed by atoms with van der Waals surface area (Å²) in [6.45, 7) is -0.0751. The molecular weight excluding hydrogens is 363 g/mol. The van der Waals surface area contributed by atoms with E-state index in [9.17, 15) is 27.9 Å². The normalized spacial score (nSPS) is 33.2. The van der Waals surface area contributed by atoms with Gasteiger partial charge in [-0.2, -0.15) is 13.2 Å². The molecule has 2 fully saturated rings. The summed E-state index contributed by atoms with van der Waals surface area (Å²) in [4.78, 5) is 25.4. The van der Waals surface area contributed by atoms with Crippen molar-refractivity contribution in [2.24, 2.45) is 11.8 Å². The van der Waals surface area contributed by atoms with Gasteiger partial charge in [0.1, 0.15) is 11.5 Å². The van der Waals surface area contributed by atoms with Gasteiger partial charge < -0.3 is 14.7 Å². The largest absolute Gasteiger partial charge is 0.481 e. The number of carbonyl (C=O) groups excluding carboxylic acids is 1. The number of ether oxygens (including phenoxy) is 1. The van der Waals surface area contributed by atoms with Crippen LogP contribution in [0.4, 0.5) is 18.9 Å². The lowest BCUT2D eigenvalue weighted by atomic mass is 9.77. The average Bonchev–Trinajstić information content (AvgIpc) is 3.15. The highest BCUT2D eigenvalue weighted by Crippen LogP contribution is 2.53. The predicted octanol–water partition coefficient (Wildman–Crippen LogP) is 2.73. The van der Waals surface area contributed by atoms with Gasteiger partial charge >= 0.3 is 12.1 Å². The fourth-order valence-electron chi connectivity index (χ4n) is 3.88. The Bertz CT molecular complexity index is 824. The Kier molecular flexibility index (Phi) is 3.27. The van der Waals surface area contributed by atoms with Crippen molar-refractivity contribution in [1.82, 2.24) is 0 Å². The summed E-state index contributed by atoms with van der Waals surface area (Å²) in [6, 6.07) is 2.69. The van der Waals surface area contributed by atoms with E-state index in [2.05, 4.69) is 0 Å². The average molecular weight is 374 g/mol. The van der Waals surface area contributed by atoms with Gasteiger partial charge in [0, 0.05) is 0 Å². The third-order valence-corrected chi connectivity index (χ3v) is 5.27. The lowest BCUT2D eigenvalue weighted by Gasteiger charge is -2.23. The number of hydrogen-bond donors (Lipinski definition) is 1. The summed E-state index contributed by atoms with van der Waals surface area (Å²) in [5, 5.41) is 9.37. The molecule has 0 aromatic heterocycles. The first-order valence-electron chi connectivity index (χ1n) is 7.42. The highest BCUT2D eigenvalue weighted by molar-refractivity contribution is 6.34. The van der Waals surface area contributed by atoms with Crippen molar-refractivity contribution in [3.63, 3.8) is 0 Å². The SMILES string of the molecule is O=C(O)[C@H]1[C@H]2C=C[C@]3(CN(c4cc(C(F)(F)F)ccc4Cl)C(=O)[C@@H]13)O2. The molecule has 0 unspecified atom stereocenters. The molecule has 3 aliphatic rings. The molecule has 1 amide bonds. The summed E-state index contributed by atoms with van der Waals surface area (Å²) in [5.74, 6) is -3.82. The maximum absolute atomic E-state index is 13.0. The smallest absolute Gasteiger partial charge is 0.416 e. The number of carboxylic acid groups (broad SMARTS) is 1. The molecule has 1 aromatic rings. The highest BCUT2D eigenvalue weighted by Gasteiger charge is 2.67. The van der Waals surface area contributed by atoms with Crippen LogP contribution >= 0.6 is 11.6 Å². The maximum Gasteiger partial charge on any atom is 0.416 e. The van der Waals surface area contributed by atoms with E-state index >= 15 is 0 Å². The molecule has 4 atom stereocenters. The number of rotatable bonds is 2. The third-order valence-electron chi connectivity index (χ3n) is 4.95. The van der Waals surface area contributed by atoms with Crippen molar-refractivity contribution in [1.29, 1.82) is 0 Å². The number of nitrogens with zero attached hydrogens (tertiary/aromatic N) is 1. The molecule has 1 aromatic carbocycles.